The molecule has 0 aromatic carbocycles. The van der Waals surface area contributed by atoms with Crippen LogP contribution in [0.3, 0.4) is 0 Å². The zero-order chi connectivity index (χ0) is 11.5. The number of nitriles is 1. The molecule has 2 unspecified atom stereocenters. The van der Waals surface area contributed by atoms with Crippen LogP contribution in [-0.2, 0) is 10.0 Å². The lowest BCUT2D eigenvalue weighted by atomic mass is 10.3. The van der Waals surface area contributed by atoms with Crippen molar-refractivity contribution < 1.29 is 8.42 Å². The highest BCUT2D eigenvalue weighted by Gasteiger charge is 2.34. The number of hydrogen-bond donors (Lipinski definition) is 0. The molecule has 1 aliphatic rings. The van der Waals surface area contributed by atoms with E-state index in [9.17, 15) is 8.42 Å². The van der Waals surface area contributed by atoms with Gasteiger partial charge in [-0.3, -0.25) is 0 Å². The second-order valence-corrected chi connectivity index (χ2v) is 6.93. The first-order valence-electron chi connectivity index (χ1n) is 4.98. The molecule has 4 nitrogen and oxygen atoms in total. The van der Waals surface area contributed by atoms with E-state index in [4.69, 9.17) is 5.26 Å². The zero-order valence-corrected chi connectivity index (χ0v) is 10.6. The van der Waals surface area contributed by atoms with Gasteiger partial charge in [-0.1, -0.05) is 6.92 Å². The molecular weight excluding hydrogens is 232 g/mol. The van der Waals surface area contributed by atoms with E-state index in [2.05, 4.69) is 0 Å². The van der Waals surface area contributed by atoms with Crippen LogP contribution in [0.5, 0.6) is 0 Å². The van der Waals surface area contributed by atoms with Crippen LogP contribution in [-0.4, -0.2) is 42.6 Å². The molecule has 2 atom stereocenters. The Morgan fingerprint density at radius 2 is 2.33 bits per heavy atom. The van der Waals surface area contributed by atoms with Crippen molar-refractivity contribution in [3.05, 3.63) is 0 Å². The van der Waals surface area contributed by atoms with Crippen LogP contribution in [0, 0.1) is 11.3 Å². The topological polar surface area (TPSA) is 61.2 Å². The van der Waals surface area contributed by atoms with Crippen molar-refractivity contribution in [1.29, 1.82) is 5.26 Å². The van der Waals surface area contributed by atoms with Gasteiger partial charge in [0.15, 0.2) is 5.25 Å². The summed E-state index contributed by atoms with van der Waals surface area (Å²) in [6, 6.07) is 1.93. The Morgan fingerprint density at radius 3 is 2.73 bits per heavy atom. The molecule has 1 heterocycles. The molecule has 1 saturated heterocycles. The van der Waals surface area contributed by atoms with Crippen LogP contribution in [0.1, 0.15) is 19.8 Å². The van der Waals surface area contributed by atoms with E-state index in [1.54, 1.807) is 25.7 Å². The average molecular weight is 248 g/mol. The molecule has 0 N–H and O–H groups in total. The Morgan fingerprint density at radius 1 is 1.67 bits per heavy atom. The van der Waals surface area contributed by atoms with E-state index in [0.717, 1.165) is 17.9 Å². The minimum Gasteiger partial charge on any atom is -0.211 e. The van der Waals surface area contributed by atoms with Gasteiger partial charge in [-0.05, 0) is 18.6 Å². The third-order valence-electron chi connectivity index (χ3n) is 2.70. The van der Waals surface area contributed by atoms with Gasteiger partial charge in [0.25, 0.3) is 0 Å². The van der Waals surface area contributed by atoms with Crippen molar-refractivity contribution in [1.82, 2.24) is 4.31 Å². The van der Waals surface area contributed by atoms with Gasteiger partial charge in [-0.2, -0.15) is 21.3 Å². The molecule has 86 valence electrons. The highest BCUT2D eigenvalue weighted by Crippen LogP contribution is 2.25. The molecule has 1 rings (SSSR count). The Bertz CT molecular complexity index is 342. The summed E-state index contributed by atoms with van der Waals surface area (Å²) in [7, 11) is -1.84. The maximum Gasteiger partial charge on any atom is 0.230 e. The normalized spacial score (nSPS) is 24.0. The summed E-state index contributed by atoms with van der Waals surface area (Å²) >= 11 is 1.76. The maximum atomic E-state index is 12.0. The molecule has 0 bridgehead atoms. The third kappa shape index (κ3) is 2.65. The first-order valence-corrected chi connectivity index (χ1v) is 7.64. The molecule has 6 heteroatoms. The summed E-state index contributed by atoms with van der Waals surface area (Å²) in [6.07, 6.45) is 1.24. The van der Waals surface area contributed by atoms with Crippen molar-refractivity contribution >= 4 is 21.8 Å². The quantitative estimate of drug-likeness (QED) is 0.746. The summed E-state index contributed by atoms with van der Waals surface area (Å²) in [5, 5.41) is 7.90. The Kier molecular flexibility index (Phi) is 4.44. The van der Waals surface area contributed by atoms with Gasteiger partial charge in [0.05, 0.1) is 6.07 Å². The van der Waals surface area contributed by atoms with Crippen LogP contribution in [0.25, 0.3) is 0 Å². The molecule has 0 spiro atoms. The van der Waals surface area contributed by atoms with Crippen LogP contribution in [0.2, 0.25) is 0 Å². The van der Waals surface area contributed by atoms with E-state index in [1.165, 1.54) is 4.31 Å². The van der Waals surface area contributed by atoms with Crippen molar-refractivity contribution in [2.24, 2.45) is 0 Å². The van der Waals surface area contributed by atoms with Crippen molar-refractivity contribution in [2.75, 3.05) is 18.6 Å². The van der Waals surface area contributed by atoms with Crippen LogP contribution >= 0.6 is 11.8 Å². The van der Waals surface area contributed by atoms with E-state index < -0.39 is 15.3 Å². The summed E-state index contributed by atoms with van der Waals surface area (Å²) in [5.74, 6) is 1.85. The second-order valence-electron chi connectivity index (χ2n) is 3.60. The van der Waals surface area contributed by atoms with Crippen molar-refractivity contribution in [3.8, 4) is 6.07 Å². The van der Waals surface area contributed by atoms with Crippen LogP contribution in [0.15, 0.2) is 0 Å². The number of sulfonamides is 1. The van der Waals surface area contributed by atoms with Gasteiger partial charge in [-0.25, -0.2) is 8.42 Å². The molecule has 0 saturated carbocycles. The number of hydrogen-bond acceptors (Lipinski definition) is 4. The third-order valence-corrected chi connectivity index (χ3v) is 6.10. The largest absolute Gasteiger partial charge is 0.230 e. The summed E-state index contributed by atoms with van der Waals surface area (Å²) in [6.45, 7) is 1.72. The standard InChI is InChI=1S/C9H16N2O2S2/c1-3-9(6-10)15(12,13)11(2)8-4-5-14-7-8/h8-9H,3-5,7H2,1-2H3. The fourth-order valence-corrected chi connectivity index (χ4v) is 4.50. The van der Waals surface area contributed by atoms with Crippen molar-refractivity contribution in [3.63, 3.8) is 0 Å². The predicted octanol–water partition coefficient (Wildman–Crippen LogP) is 1.06. The van der Waals surface area contributed by atoms with Gasteiger partial charge in [0, 0.05) is 18.8 Å². The fraction of sp³-hybridized carbons (Fsp3) is 0.889. The van der Waals surface area contributed by atoms with E-state index in [0.29, 0.717) is 6.42 Å². The summed E-state index contributed by atoms with van der Waals surface area (Å²) in [4.78, 5) is 0. The molecule has 0 aliphatic carbocycles. The maximum absolute atomic E-state index is 12.0. The van der Waals surface area contributed by atoms with E-state index in [-0.39, 0.29) is 6.04 Å². The lowest BCUT2D eigenvalue weighted by Gasteiger charge is -2.24. The molecular formula is C9H16N2O2S2. The number of nitrogens with zero attached hydrogens (tertiary/aromatic N) is 2. The predicted molar refractivity (Wildman–Crippen MR) is 62.1 cm³/mol. The smallest absolute Gasteiger partial charge is 0.211 e. The Hall–Kier alpha value is -0.250. The first kappa shape index (κ1) is 12.8. The number of rotatable bonds is 4. The van der Waals surface area contributed by atoms with Crippen LogP contribution < -0.4 is 0 Å². The second kappa shape index (κ2) is 5.19. The van der Waals surface area contributed by atoms with Gasteiger partial charge in [0.1, 0.15) is 0 Å². The lowest BCUT2D eigenvalue weighted by molar-refractivity contribution is 0.391. The zero-order valence-electron chi connectivity index (χ0n) is 9.01. The fourth-order valence-electron chi connectivity index (χ4n) is 1.59. The minimum atomic E-state index is -3.43. The molecule has 0 aromatic rings. The van der Waals surface area contributed by atoms with Gasteiger partial charge < -0.3 is 0 Å². The molecule has 0 radical (unpaired) electrons. The highest BCUT2D eigenvalue weighted by atomic mass is 32.2. The van der Waals surface area contributed by atoms with Gasteiger partial charge in [0.2, 0.25) is 10.0 Å². The number of thioether (sulfide) groups is 1. The highest BCUT2D eigenvalue weighted by molar-refractivity contribution is 7.99. The monoisotopic (exact) mass is 248 g/mol. The SMILES string of the molecule is CCC(C#N)S(=O)(=O)N(C)C1CCSC1. The average Bonchev–Trinajstić information content (AvgIpc) is 2.70. The van der Waals surface area contributed by atoms with Gasteiger partial charge in [-0.15, -0.1) is 0 Å². The molecule has 0 amide bonds. The minimum absolute atomic E-state index is 0.0717. The van der Waals surface area contributed by atoms with E-state index in [1.807, 2.05) is 6.07 Å². The Labute approximate surface area is 95.7 Å². The van der Waals surface area contributed by atoms with E-state index >= 15 is 0 Å². The van der Waals surface area contributed by atoms with Crippen molar-refractivity contribution in [2.45, 2.75) is 31.1 Å². The summed E-state index contributed by atoms with van der Waals surface area (Å²) < 4.78 is 25.3. The summed E-state index contributed by atoms with van der Waals surface area (Å²) in [5.41, 5.74) is 0. The first-order chi connectivity index (χ1) is 7.04. The van der Waals surface area contributed by atoms with Crippen LogP contribution in [0.4, 0.5) is 0 Å². The molecule has 1 aliphatic heterocycles. The molecule has 0 aromatic heterocycles. The molecule has 15 heavy (non-hydrogen) atoms. The lowest BCUT2D eigenvalue weighted by Crippen LogP contribution is -2.42. The molecule has 1 fully saturated rings. The Balaban J connectivity index is 2.81. The van der Waals surface area contributed by atoms with Gasteiger partial charge >= 0.3 is 0 Å².